The first-order chi connectivity index (χ1) is 7.27. The summed E-state index contributed by atoms with van der Waals surface area (Å²) < 4.78 is 0. The summed E-state index contributed by atoms with van der Waals surface area (Å²) >= 11 is 0. The molecule has 2 aromatic rings. The number of aryl methyl sites for hydroxylation is 1. The molecular formula is C13H13OSi. The number of rotatable bonds is 2. The van der Waals surface area contributed by atoms with E-state index in [1.807, 2.05) is 54.6 Å². The highest BCUT2D eigenvalue weighted by atomic mass is 28.3. The molecule has 0 aliphatic rings. The molecule has 1 radical (unpaired) electrons. The molecule has 2 heteroatoms. The van der Waals surface area contributed by atoms with Gasteiger partial charge in [-0.05, 0) is 17.3 Å². The van der Waals surface area contributed by atoms with E-state index in [2.05, 4.69) is 6.92 Å². The maximum absolute atomic E-state index is 10.2. The van der Waals surface area contributed by atoms with Crippen LogP contribution in [0.1, 0.15) is 5.56 Å². The van der Waals surface area contributed by atoms with Crippen LogP contribution >= 0.6 is 0 Å². The fraction of sp³-hybridized carbons (Fsp3) is 0.0769. The van der Waals surface area contributed by atoms with Gasteiger partial charge in [0.15, 0.2) is 0 Å². The molecule has 1 nitrogen and oxygen atoms in total. The summed E-state index contributed by atoms with van der Waals surface area (Å²) in [4.78, 5) is 10.2. The zero-order valence-corrected chi connectivity index (χ0v) is 9.64. The SMILES string of the molecule is Cc1ccc([Si](O)c2ccccc2)cc1. The van der Waals surface area contributed by atoms with Crippen molar-refractivity contribution in [1.82, 2.24) is 0 Å². The van der Waals surface area contributed by atoms with Crippen LogP contribution in [0.15, 0.2) is 54.6 Å². The van der Waals surface area contributed by atoms with Crippen LogP contribution in [0, 0.1) is 6.92 Å². The molecule has 0 heterocycles. The molecule has 0 amide bonds. The van der Waals surface area contributed by atoms with Crippen molar-refractivity contribution in [2.45, 2.75) is 6.92 Å². The summed E-state index contributed by atoms with van der Waals surface area (Å²) in [5.74, 6) is 0. The van der Waals surface area contributed by atoms with Gasteiger partial charge in [-0.25, -0.2) is 0 Å². The number of hydrogen-bond donors (Lipinski definition) is 1. The van der Waals surface area contributed by atoms with Crippen LogP contribution in [0.4, 0.5) is 0 Å². The standard InChI is InChI=1S/C13H13OSi/c1-11-7-9-13(10-8-11)15(14)12-5-3-2-4-6-12/h2-10,14H,1H3. The molecule has 0 saturated heterocycles. The third kappa shape index (κ3) is 2.35. The summed E-state index contributed by atoms with van der Waals surface area (Å²) in [5.41, 5.74) is 1.22. The zero-order chi connectivity index (χ0) is 10.7. The topological polar surface area (TPSA) is 20.2 Å². The van der Waals surface area contributed by atoms with E-state index in [9.17, 15) is 4.80 Å². The molecule has 75 valence electrons. The highest BCUT2D eigenvalue weighted by molar-refractivity contribution is 6.78. The van der Waals surface area contributed by atoms with Crippen LogP contribution < -0.4 is 10.4 Å². The Balaban J connectivity index is 2.29. The van der Waals surface area contributed by atoms with Crippen LogP contribution in [0.3, 0.4) is 0 Å². The van der Waals surface area contributed by atoms with Crippen molar-refractivity contribution in [2.75, 3.05) is 0 Å². The smallest absolute Gasteiger partial charge is 0.280 e. The van der Waals surface area contributed by atoms with Gasteiger partial charge in [0.25, 0.3) is 9.04 Å². The molecule has 0 atom stereocenters. The molecule has 1 N–H and O–H groups in total. The third-order valence-electron chi connectivity index (χ3n) is 2.37. The van der Waals surface area contributed by atoms with E-state index in [0.717, 1.165) is 10.4 Å². The molecule has 2 aromatic carbocycles. The van der Waals surface area contributed by atoms with Crippen molar-refractivity contribution in [2.24, 2.45) is 0 Å². The van der Waals surface area contributed by atoms with Gasteiger partial charge in [0, 0.05) is 0 Å². The molecule has 0 aromatic heterocycles. The van der Waals surface area contributed by atoms with Gasteiger partial charge in [0.2, 0.25) is 0 Å². The average molecular weight is 213 g/mol. The van der Waals surface area contributed by atoms with Crippen LogP contribution in [-0.2, 0) is 0 Å². The summed E-state index contributed by atoms with van der Waals surface area (Å²) in [6.45, 7) is 2.05. The molecule has 0 saturated carbocycles. The van der Waals surface area contributed by atoms with Crippen LogP contribution in [0.5, 0.6) is 0 Å². The van der Waals surface area contributed by atoms with Gasteiger partial charge < -0.3 is 4.80 Å². The number of benzene rings is 2. The fourth-order valence-corrected chi connectivity index (χ4v) is 2.80. The lowest BCUT2D eigenvalue weighted by atomic mass is 10.2. The highest BCUT2D eigenvalue weighted by Gasteiger charge is 2.13. The molecule has 15 heavy (non-hydrogen) atoms. The Kier molecular flexibility index (Phi) is 2.99. The van der Waals surface area contributed by atoms with Crippen LogP contribution in [0.25, 0.3) is 0 Å². The minimum Gasteiger partial charge on any atom is -0.424 e. The summed E-state index contributed by atoms with van der Waals surface area (Å²) in [7, 11) is -1.56. The molecule has 0 aliphatic carbocycles. The van der Waals surface area contributed by atoms with Crippen molar-refractivity contribution in [3.8, 4) is 0 Å². The summed E-state index contributed by atoms with van der Waals surface area (Å²) in [5, 5.41) is 2.07. The predicted molar refractivity (Wildman–Crippen MR) is 64.9 cm³/mol. The van der Waals surface area contributed by atoms with E-state index < -0.39 is 9.04 Å². The average Bonchev–Trinajstić information content (AvgIpc) is 2.30. The van der Waals surface area contributed by atoms with Crippen LogP contribution in [0.2, 0.25) is 0 Å². The third-order valence-corrected chi connectivity index (χ3v) is 4.13. The first kappa shape index (κ1) is 10.1. The first-order valence-corrected chi connectivity index (χ1v) is 6.40. The zero-order valence-electron chi connectivity index (χ0n) is 8.64. The van der Waals surface area contributed by atoms with Crippen molar-refractivity contribution >= 4 is 19.4 Å². The van der Waals surface area contributed by atoms with Crippen molar-refractivity contribution < 1.29 is 4.80 Å². The van der Waals surface area contributed by atoms with Crippen molar-refractivity contribution in [3.05, 3.63) is 60.2 Å². The monoisotopic (exact) mass is 213 g/mol. The maximum Gasteiger partial charge on any atom is 0.280 e. The van der Waals surface area contributed by atoms with Gasteiger partial charge >= 0.3 is 0 Å². The Labute approximate surface area is 91.7 Å². The van der Waals surface area contributed by atoms with Gasteiger partial charge in [0.05, 0.1) is 0 Å². The largest absolute Gasteiger partial charge is 0.424 e. The van der Waals surface area contributed by atoms with Gasteiger partial charge in [-0.2, -0.15) is 0 Å². The summed E-state index contributed by atoms with van der Waals surface area (Å²) in [6.07, 6.45) is 0. The molecule has 0 aliphatic heterocycles. The first-order valence-electron chi connectivity index (χ1n) is 4.96. The van der Waals surface area contributed by atoms with Gasteiger partial charge in [-0.3, -0.25) is 0 Å². The van der Waals surface area contributed by atoms with Gasteiger partial charge in [-0.15, -0.1) is 0 Å². The van der Waals surface area contributed by atoms with E-state index >= 15 is 0 Å². The Bertz CT molecular complexity index is 422. The lowest BCUT2D eigenvalue weighted by Crippen LogP contribution is -2.42. The molecule has 2 rings (SSSR count). The normalized spacial score (nSPS) is 10.6. The van der Waals surface area contributed by atoms with E-state index in [1.165, 1.54) is 5.56 Å². The summed E-state index contributed by atoms with van der Waals surface area (Å²) in [6, 6.07) is 18.0. The van der Waals surface area contributed by atoms with E-state index in [4.69, 9.17) is 0 Å². The fourth-order valence-electron chi connectivity index (χ4n) is 1.47. The molecule has 0 spiro atoms. The second kappa shape index (κ2) is 4.42. The second-order valence-corrected chi connectivity index (χ2v) is 5.43. The minimum atomic E-state index is -1.56. The quantitative estimate of drug-likeness (QED) is 0.741. The van der Waals surface area contributed by atoms with E-state index in [-0.39, 0.29) is 0 Å². The van der Waals surface area contributed by atoms with Crippen molar-refractivity contribution in [3.63, 3.8) is 0 Å². The molecule has 0 unspecified atom stereocenters. The lowest BCUT2D eigenvalue weighted by molar-refractivity contribution is 0.600. The Morgan fingerprint density at radius 2 is 1.33 bits per heavy atom. The van der Waals surface area contributed by atoms with Crippen LogP contribution in [-0.4, -0.2) is 13.8 Å². The molecule has 0 bridgehead atoms. The molecule has 0 fully saturated rings. The van der Waals surface area contributed by atoms with Gasteiger partial charge in [-0.1, -0.05) is 60.2 Å². The lowest BCUT2D eigenvalue weighted by Gasteiger charge is -2.07. The second-order valence-electron chi connectivity index (χ2n) is 3.58. The van der Waals surface area contributed by atoms with E-state index in [1.54, 1.807) is 0 Å². The maximum atomic E-state index is 10.2. The minimum absolute atomic E-state index is 1.03. The molecular weight excluding hydrogens is 200 g/mol. The number of hydrogen-bond acceptors (Lipinski definition) is 1. The van der Waals surface area contributed by atoms with E-state index in [0.29, 0.717) is 0 Å². The van der Waals surface area contributed by atoms with Gasteiger partial charge in [0.1, 0.15) is 0 Å². The Morgan fingerprint density at radius 1 is 0.800 bits per heavy atom. The Morgan fingerprint density at radius 3 is 1.93 bits per heavy atom. The van der Waals surface area contributed by atoms with Crippen molar-refractivity contribution in [1.29, 1.82) is 0 Å². The highest BCUT2D eigenvalue weighted by Crippen LogP contribution is 1.95. The Hall–Kier alpha value is -1.38. The predicted octanol–water partition coefficient (Wildman–Crippen LogP) is 1.09.